The molecule has 0 spiro atoms. The number of hydrogen-bond acceptors (Lipinski definition) is 3. The maximum atomic E-state index is 12.4. The number of rotatable bonds is 3. The molecule has 1 rings (SSSR count). The third-order valence-electron chi connectivity index (χ3n) is 1.17. The van der Waals surface area contributed by atoms with E-state index >= 15 is 0 Å². The molecule has 0 fully saturated rings. The molecule has 3 nitrogen and oxygen atoms in total. The minimum absolute atomic E-state index is 0.0980. The first kappa shape index (κ1) is 10.5. The standard InChI is InChI=1S/C7H6BrFO3S/c8-5-13(10,11)12-7-3-1-6(9)2-4-7/h1-4H,5H2. The van der Waals surface area contributed by atoms with Crippen LogP contribution in [0.25, 0.3) is 0 Å². The molecular formula is C7H6BrFO3S. The van der Waals surface area contributed by atoms with Gasteiger partial charge in [0.05, 0.1) is 0 Å². The summed E-state index contributed by atoms with van der Waals surface area (Å²) in [5.41, 5.74) is 0. The zero-order valence-electron chi connectivity index (χ0n) is 6.41. The molecule has 0 heterocycles. The lowest BCUT2D eigenvalue weighted by molar-refractivity contribution is 0.490. The van der Waals surface area contributed by atoms with Crippen molar-refractivity contribution in [3.63, 3.8) is 0 Å². The van der Waals surface area contributed by atoms with Crippen LogP contribution in [0.15, 0.2) is 24.3 Å². The van der Waals surface area contributed by atoms with Gasteiger partial charge in [0.15, 0.2) is 0 Å². The average molecular weight is 269 g/mol. The van der Waals surface area contributed by atoms with Crippen molar-refractivity contribution in [2.75, 3.05) is 4.66 Å². The van der Waals surface area contributed by atoms with Gasteiger partial charge >= 0.3 is 10.1 Å². The van der Waals surface area contributed by atoms with E-state index in [0.717, 1.165) is 12.1 Å². The molecule has 0 atom stereocenters. The second-order valence-electron chi connectivity index (χ2n) is 2.20. The van der Waals surface area contributed by atoms with Gasteiger partial charge in [-0.1, -0.05) is 15.9 Å². The normalized spacial score (nSPS) is 11.2. The smallest absolute Gasteiger partial charge is 0.319 e. The first-order valence-electron chi connectivity index (χ1n) is 3.27. The summed E-state index contributed by atoms with van der Waals surface area (Å²) in [5.74, 6) is -0.343. The van der Waals surface area contributed by atoms with Crippen LogP contribution in [0, 0.1) is 5.82 Å². The van der Waals surface area contributed by atoms with E-state index in [4.69, 9.17) is 0 Å². The minimum atomic E-state index is -3.59. The Balaban J connectivity index is 2.82. The monoisotopic (exact) mass is 268 g/mol. The van der Waals surface area contributed by atoms with Gasteiger partial charge in [-0.25, -0.2) is 4.39 Å². The van der Waals surface area contributed by atoms with Crippen LogP contribution in [0.4, 0.5) is 4.39 Å². The van der Waals surface area contributed by atoms with Gasteiger partial charge in [-0.15, -0.1) is 0 Å². The van der Waals surface area contributed by atoms with E-state index in [-0.39, 0.29) is 10.4 Å². The maximum Gasteiger partial charge on any atom is 0.319 e. The predicted octanol–water partition coefficient (Wildman–Crippen LogP) is 1.89. The van der Waals surface area contributed by atoms with Gasteiger partial charge in [0, 0.05) is 0 Å². The van der Waals surface area contributed by atoms with Gasteiger partial charge in [-0.2, -0.15) is 8.42 Å². The van der Waals surface area contributed by atoms with Crippen LogP contribution < -0.4 is 4.18 Å². The first-order chi connectivity index (χ1) is 6.03. The molecule has 0 saturated heterocycles. The SMILES string of the molecule is O=S(=O)(CBr)Oc1ccc(F)cc1. The Morgan fingerprint density at radius 1 is 1.31 bits per heavy atom. The lowest BCUT2D eigenvalue weighted by atomic mass is 10.3. The maximum absolute atomic E-state index is 12.4. The molecule has 0 unspecified atom stereocenters. The van der Waals surface area contributed by atoms with E-state index < -0.39 is 15.9 Å². The fourth-order valence-corrected chi connectivity index (χ4v) is 1.39. The Bertz CT molecular complexity index is 373. The summed E-state index contributed by atoms with van der Waals surface area (Å²) in [6, 6.07) is 4.74. The molecule has 0 amide bonds. The van der Waals surface area contributed by atoms with Gasteiger partial charge in [-0.05, 0) is 24.3 Å². The van der Waals surface area contributed by atoms with Crippen molar-refractivity contribution in [1.29, 1.82) is 0 Å². The Kier molecular flexibility index (Phi) is 3.27. The topological polar surface area (TPSA) is 43.4 Å². The molecule has 0 aromatic heterocycles. The highest BCUT2D eigenvalue weighted by Gasteiger charge is 2.09. The Morgan fingerprint density at radius 2 is 1.85 bits per heavy atom. The summed E-state index contributed by atoms with van der Waals surface area (Å²) in [6.07, 6.45) is 0. The van der Waals surface area contributed by atoms with Gasteiger partial charge in [-0.3, -0.25) is 0 Å². The Morgan fingerprint density at radius 3 is 2.31 bits per heavy atom. The summed E-state index contributed by atoms with van der Waals surface area (Å²) in [5, 5.41) is 0. The molecule has 0 aliphatic rings. The zero-order chi connectivity index (χ0) is 9.90. The van der Waals surface area contributed by atoms with Crippen LogP contribution in [0.5, 0.6) is 5.75 Å². The zero-order valence-corrected chi connectivity index (χ0v) is 8.81. The fraction of sp³-hybridized carbons (Fsp3) is 0.143. The number of alkyl halides is 1. The third kappa shape index (κ3) is 3.31. The van der Waals surface area contributed by atoms with Crippen molar-refractivity contribution in [3.05, 3.63) is 30.1 Å². The second-order valence-corrected chi connectivity index (χ2v) is 5.08. The lowest BCUT2D eigenvalue weighted by Gasteiger charge is -2.02. The highest BCUT2D eigenvalue weighted by atomic mass is 79.9. The van der Waals surface area contributed by atoms with Crippen molar-refractivity contribution >= 4 is 26.0 Å². The average Bonchev–Trinajstić information content (AvgIpc) is 2.09. The van der Waals surface area contributed by atoms with Gasteiger partial charge in [0.2, 0.25) is 0 Å². The lowest BCUT2D eigenvalue weighted by Crippen LogP contribution is -2.09. The molecule has 1 aromatic rings. The fourth-order valence-electron chi connectivity index (χ4n) is 0.659. The van der Waals surface area contributed by atoms with Crippen LogP contribution in [0.2, 0.25) is 0 Å². The van der Waals surface area contributed by atoms with Crippen molar-refractivity contribution in [2.24, 2.45) is 0 Å². The number of benzene rings is 1. The quantitative estimate of drug-likeness (QED) is 0.621. The molecule has 6 heteroatoms. The highest BCUT2D eigenvalue weighted by molar-refractivity contribution is 9.10. The predicted molar refractivity (Wildman–Crippen MR) is 49.7 cm³/mol. The molecule has 13 heavy (non-hydrogen) atoms. The van der Waals surface area contributed by atoms with Gasteiger partial charge in [0.1, 0.15) is 16.2 Å². The summed E-state index contributed by atoms with van der Waals surface area (Å²) in [4.78, 5) is 0. The molecule has 0 radical (unpaired) electrons. The van der Waals surface area contributed by atoms with Crippen molar-refractivity contribution in [2.45, 2.75) is 0 Å². The highest BCUT2D eigenvalue weighted by Crippen LogP contribution is 2.14. The van der Waals surface area contributed by atoms with Crippen LogP contribution in [0.3, 0.4) is 0 Å². The van der Waals surface area contributed by atoms with E-state index in [2.05, 4.69) is 20.1 Å². The van der Waals surface area contributed by atoms with Crippen molar-refractivity contribution in [3.8, 4) is 5.75 Å². The second kappa shape index (κ2) is 4.06. The molecular weight excluding hydrogens is 263 g/mol. The molecule has 0 aliphatic carbocycles. The molecule has 0 aliphatic heterocycles. The molecule has 1 aromatic carbocycles. The molecule has 72 valence electrons. The van der Waals surface area contributed by atoms with Crippen LogP contribution in [-0.2, 0) is 10.1 Å². The van der Waals surface area contributed by atoms with Crippen LogP contribution >= 0.6 is 15.9 Å². The van der Waals surface area contributed by atoms with Crippen molar-refractivity contribution in [1.82, 2.24) is 0 Å². The van der Waals surface area contributed by atoms with Crippen LogP contribution in [-0.4, -0.2) is 13.1 Å². The van der Waals surface area contributed by atoms with Gasteiger partial charge in [0.25, 0.3) is 0 Å². The largest absolute Gasteiger partial charge is 0.382 e. The summed E-state index contributed by atoms with van der Waals surface area (Å²) in [6.45, 7) is 0. The number of halogens is 2. The summed E-state index contributed by atoms with van der Waals surface area (Å²) in [7, 11) is -3.59. The minimum Gasteiger partial charge on any atom is -0.382 e. The molecule has 0 N–H and O–H groups in total. The van der Waals surface area contributed by atoms with E-state index in [1.807, 2.05) is 0 Å². The molecule has 0 saturated carbocycles. The summed E-state index contributed by atoms with van der Waals surface area (Å²) < 4.78 is 38.4. The summed E-state index contributed by atoms with van der Waals surface area (Å²) >= 11 is 2.76. The van der Waals surface area contributed by atoms with Gasteiger partial charge < -0.3 is 4.18 Å². The Hall–Kier alpha value is -0.620. The number of hydrogen-bond donors (Lipinski definition) is 0. The van der Waals surface area contributed by atoms with E-state index in [9.17, 15) is 12.8 Å². The van der Waals surface area contributed by atoms with Crippen molar-refractivity contribution < 1.29 is 17.0 Å². The Labute approximate surface area is 83.8 Å². The van der Waals surface area contributed by atoms with E-state index in [0.29, 0.717) is 0 Å². The van der Waals surface area contributed by atoms with E-state index in [1.165, 1.54) is 12.1 Å². The third-order valence-corrected chi connectivity index (χ3v) is 3.57. The van der Waals surface area contributed by atoms with Crippen LogP contribution in [0.1, 0.15) is 0 Å². The van der Waals surface area contributed by atoms with E-state index in [1.54, 1.807) is 0 Å². The first-order valence-corrected chi connectivity index (χ1v) is 5.97. The molecule has 0 bridgehead atoms.